The number of pyridine rings is 1. The molecule has 3 heterocycles. The van der Waals surface area contributed by atoms with Gasteiger partial charge in [-0.1, -0.05) is 12.8 Å². The van der Waals surface area contributed by atoms with Crippen LogP contribution in [0.25, 0.3) is 0 Å². The van der Waals surface area contributed by atoms with E-state index in [0.29, 0.717) is 6.54 Å². The minimum absolute atomic E-state index is 0.00989. The minimum Gasteiger partial charge on any atom is -0.356 e. The van der Waals surface area contributed by atoms with Gasteiger partial charge in [0.05, 0.1) is 4.88 Å². The van der Waals surface area contributed by atoms with Gasteiger partial charge < -0.3 is 10.2 Å². The molecular weight excluding hydrogens is 382 g/mol. The third-order valence-corrected chi connectivity index (χ3v) is 7.25. The Morgan fingerprint density at radius 2 is 1.90 bits per heavy atom. The minimum atomic E-state index is 0.00989. The van der Waals surface area contributed by atoms with E-state index in [1.807, 2.05) is 17.0 Å². The molecule has 1 atom stereocenters. The van der Waals surface area contributed by atoms with E-state index in [0.717, 1.165) is 56.5 Å². The van der Waals surface area contributed by atoms with E-state index in [4.69, 9.17) is 0 Å². The lowest BCUT2D eigenvalue weighted by Gasteiger charge is -2.21. The van der Waals surface area contributed by atoms with Gasteiger partial charge in [0.25, 0.3) is 5.91 Å². The van der Waals surface area contributed by atoms with Crippen molar-refractivity contribution in [1.29, 1.82) is 0 Å². The number of thiophene rings is 1. The number of nitrogens with one attached hydrogen (secondary N) is 1. The Kier molecular flexibility index (Phi) is 6.60. The molecule has 1 aliphatic heterocycles. The highest BCUT2D eigenvalue weighted by atomic mass is 32.1. The third kappa shape index (κ3) is 5.04. The lowest BCUT2D eigenvalue weighted by molar-refractivity contribution is -0.125. The molecule has 2 amide bonds. The Morgan fingerprint density at radius 3 is 2.66 bits per heavy atom. The second-order valence-electron chi connectivity index (χ2n) is 8.10. The molecule has 0 aromatic carbocycles. The van der Waals surface area contributed by atoms with Gasteiger partial charge in [-0.15, -0.1) is 11.3 Å². The average molecular weight is 412 g/mol. The largest absolute Gasteiger partial charge is 0.356 e. The van der Waals surface area contributed by atoms with Gasteiger partial charge in [0, 0.05) is 42.8 Å². The quantitative estimate of drug-likeness (QED) is 0.817. The van der Waals surface area contributed by atoms with Gasteiger partial charge in [0.2, 0.25) is 5.91 Å². The molecule has 29 heavy (non-hydrogen) atoms. The zero-order chi connectivity index (χ0) is 20.1. The molecule has 4 rings (SSSR count). The van der Waals surface area contributed by atoms with Crippen LogP contribution in [0.3, 0.4) is 0 Å². The van der Waals surface area contributed by atoms with Crippen LogP contribution in [0, 0.1) is 5.92 Å². The van der Waals surface area contributed by atoms with Crippen LogP contribution in [0.4, 0.5) is 0 Å². The summed E-state index contributed by atoms with van der Waals surface area (Å²) in [6.07, 6.45) is 11.6. The van der Waals surface area contributed by atoms with Gasteiger partial charge in [-0.25, -0.2) is 0 Å². The zero-order valence-electron chi connectivity index (χ0n) is 16.9. The second kappa shape index (κ2) is 9.53. The Hall–Kier alpha value is -2.21. The maximum absolute atomic E-state index is 12.9. The molecule has 6 heteroatoms. The molecule has 2 aromatic heterocycles. The summed E-state index contributed by atoms with van der Waals surface area (Å²) in [4.78, 5) is 33.7. The molecule has 5 nitrogen and oxygen atoms in total. The molecule has 2 aliphatic rings. The van der Waals surface area contributed by atoms with Crippen LogP contribution in [0.15, 0.2) is 30.6 Å². The van der Waals surface area contributed by atoms with E-state index in [-0.39, 0.29) is 17.7 Å². The fourth-order valence-corrected chi connectivity index (χ4v) is 5.48. The smallest absolute Gasteiger partial charge is 0.263 e. The number of hydrogen-bond acceptors (Lipinski definition) is 4. The summed E-state index contributed by atoms with van der Waals surface area (Å²) in [6, 6.07) is 6.02. The Labute approximate surface area is 176 Å². The normalized spacial score (nSPS) is 19.3. The van der Waals surface area contributed by atoms with E-state index in [1.54, 1.807) is 23.7 Å². The van der Waals surface area contributed by atoms with E-state index in [1.165, 1.54) is 28.8 Å². The summed E-state index contributed by atoms with van der Waals surface area (Å²) < 4.78 is 0. The van der Waals surface area contributed by atoms with Crippen LogP contribution in [0.5, 0.6) is 0 Å². The van der Waals surface area contributed by atoms with E-state index in [2.05, 4.69) is 16.4 Å². The van der Waals surface area contributed by atoms with Crippen molar-refractivity contribution < 1.29 is 9.59 Å². The average Bonchev–Trinajstić information content (AvgIpc) is 2.99. The van der Waals surface area contributed by atoms with Crippen LogP contribution >= 0.6 is 11.3 Å². The first-order valence-electron chi connectivity index (χ1n) is 10.8. The summed E-state index contributed by atoms with van der Waals surface area (Å²) in [7, 11) is 0. The van der Waals surface area contributed by atoms with E-state index < -0.39 is 0 Å². The van der Waals surface area contributed by atoms with E-state index >= 15 is 0 Å². The van der Waals surface area contributed by atoms with Crippen molar-refractivity contribution in [1.82, 2.24) is 15.2 Å². The number of amides is 2. The third-order valence-electron chi connectivity index (χ3n) is 6.02. The number of rotatable bonds is 5. The fraction of sp³-hybridized carbons (Fsp3) is 0.522. The summed E-state index contributed by atoms with van der Waals surface area (Å²) >= 11 is 1.64. The molecule has 2 aromatic rings. The molecule has 0 bridgehead atoms. The first-order chi connectivity index (χ1) is 14.2. The Bertz CT molecular complexity index is 841. The predicted octanol–water partition coefficient (Wildman–Crippen LogP) is 3.62. The monoisotopic (exact) mass is 411 g/mol. The standard InChI is InChI=1S/C23H29N3O2S/c27-22(25-12-9-17-7-10-24-11-8-17)18-5-6-20-19(15-18)16-21(29-20)23(28)26-13-3-1-2-4-14-26/h7-8,10-11,16,18H,1-6,9,12-15H2,(H,25,27). The lowest BCUT2D eigenvalue weighted by atomic mass is 9.87. The Morgan fingerprint density at radius 1 is 1.14 bits per heavy atom. The fourth-order valence-electron chi connectivity index (χ4n) is 4.31. The summed E-state index contributed by atoms with van der Waals surface area (Å²) in [5.41, 5.74) is 2.38. The number of nitrogens with zero attached hydrogens (tertiary/aromatic N) is 2. The summed E-state index contributed by atoms with van der Waals surface area (Å²) in [5, 5.41) is 3.09. The van der Waals surface area contributed by atoms with Gasteiger partial charge in [-0.3, -0.25) is 14.6 Å². The molecule has 1 saturated heterocycles. The maximum Gasteiger partial charge on any atom is 0.263 e. The molecule has 154 valence electrons. The second-order valence-corrected chi connectivity index (χ2v) is 9.24. The number of carbonyl (C=O) groups is 2. The summed E-state index contributed by atoms with van der Waals surface area (Å²) in [6.45, 7) is 2.41. The summed E-state index contributed by atoms with van der Waals surface area (Å²) in [5.74, 6) is 0.330. The van der Waals surface area contributed by atoms with Crippen molar-refractivity contribution in [3.05, 3.63) is 51.5 Å². The Balaban J connectivity index is 1.32. The van der Waals surface area contributed by atoms with Gasteiger partial charge in [-0.2, -0.15) is 0 Å². The van der Waals surface area contributed by atoms with Crippen molar-refractivity contribution in [2.45, 2.75) is 51.4 Å². The molecule has 1 unspecified atom stereocenters. The van der Waals surface area contributed by atoms with Gasteiger partial charge in [-0.05, 0) is 67.9 Å². The van der Waals surface area contributed by atoms with Gasteiger partial charge >= 0.3 is 0 Å². The molecule has 1 N–H and O–H groups in total. The number of hydrogen-bond donors (Lipinski definition) is 1. The molecule has 0 spiro atoms. The van der Waals surface area contributed by atoms with Crippen LogP contribution in [-0.4, -0.2) is 41.3 Å². The van der Waals surface area contributed by atoms with Gasteiger partial charge in [0.15, 0.2) is 0 Å². The highest BCUT2D eigenvalue weighted by molar-refractivity contribution is 7.14. The number of aromatic nitrogens is 1. The van der Waals surface area contributed by atoms with Crippen molar-refractivity contribution in [3.63, 3.8) is 0 Å². The highest BCUT2D eigenvalue weighted by Crippen LogP contribution is 2.33. The first-order valence-corrected chi connectivity index (χ1v) is 11.6. The number of aryl methyl sites for hydroxylation is 1. The van der Waals surface area contributed by atoms with Crippen LogP contribution in [0.1, 0.15) is 57.8 Å². The van der Waals surface area contributed by atoms with Gasteiger partial charge in [0.1, 0.15) is 0 Å². The van der Waals surface area contributed by atoms with Crippen molar-refractivity contribution >= 4 is 23.2 Å². The van der Waals surface area contributed by atoms with E-state index in [9.17, 15) is 9.59 Å². The molecule has 0 radical (unpaired) electrons. The van der Waals surface area contributed by atoms with Crippen molar-refractivity contribution in [3.8, 4) is 0 Å². The van der Waals surface area contributed by atoms with Crippen molar-refractivity contribution in [2.75, 3.05) is 19.6 Å². The van der Waals surface area contributed by atoms with Crippen LogP contribution in [0.2, 0.25) is 0 Å². The predicted molar refractivity (Wildman–Crippen MR) is 115 cm³/mol. The SMILES string of the molecule is O=C(NCCc1ccncc1)C1CCc2sc(C(=O)N3CCCCCC3)cc2C1. The zero-order valence-corrected chi connectivity index (χ0v) is 17.7. The van der Waals surface area contributed by atoms with Crippen molar-refractivity contribution in [2.24, 2.45) is 5.92 Å². The number of fused-ring (bicyclic) bond motifs is 1. The molecular formula is C23H29N3O2S. The van der Waals surface area contributed by atoms with Crippen LogP contribution < -0.4 is 5.32 Å². The first kappa shape index (κ1) is 20.1. The lowest BCUT2D eigenvalue weighted by Crippen LogP contribution is -2.34. The number of carbonyl (C=O) groups excluding carboxylic acids is 2. The molecule has 1 aliphatic carbocycles. The van der Waals surface area contributed by atoms with Crippen LogP contribution in [-0.2, 0) is 24.1 Å². The molecule has 0 saturated carbocycles. The maximum atomic E-state index is 12.9. The highest BCUT2D eigenvalue weighted by Gasteiger charge is 2.28. The molecule has 1 fully saturated rings. The number of likely N-dealkylation sites (tertiary alicyclic amines) is 1. The topological polar surface area (TPSA) is 62.3 Å².